The van der Waals surface area contributed by atoms with Crippen LogP contribution in [0.25, 0.3) is 6.08 Å². The maximum absolute atomic E-state index is 10.7. The molecule has 0 amide bonds. The Labute approximate surface area is 80.2 Å². The molecule has 0 aliphatic carbocycles. The van der Waals surface area contributed by atoms with Gasteiger partial charge in [0.25, 0.3) is 0 Å². The summed E-state index contributed by atoms with van der Waals surface area (Å²) in [4.78, 5) is 18.4. The van der Waals surface area contributed by atoms with E-state index < -0.39 is 5.97 Å². The van der Waals surface area contributed by atoms with Crippen molar-refractivity contribution in [3.63, 3.8) is 0 Å². The van der Waals surface area contributed by atoms with Crippen LogP contribution < -0.4 is 0 Å². The Morgan fingerprint density at radius 3 is 2.85 bits per heavy atom. The van der Waals surface area contributed by atoms with Gasteiger partial charge in [-0.15, -0.1) is 0 Å². The van der Waals surface area contributed by atoms with E-state index in [0.717, 1.165) is 0 Å². The van der Waals surface area contributed by atoms with Gasteiger partial charge in [-0.25, -0.2) is 9.78 Å². The second-order valence-corrected chi connectivity index (χ2v) is 2.45. The minimum absolute atomic E-state index is 0.252. The van der Waals surface area contributed by atoms with Gasteiger partial charge in [0.05, 0.1) is 7.11 Å². The van der Waals surface area contributed by atoms with Gasteiger partial charge in [-0.2, -0.15) is 0 Å². The first kappa shape index (κ1) is 9.67. The molecule has 0 saturated carbocycles. The lowest BCUT2D eigenvalue weighted by Gasteiger charge is -1.93. The van der Waals surface area contributed by atoms with Gasteiger partial charge in [0.15, 0.2) is 5.15 Å². The van der Waals surface area contributed by atoms with Gasteiger partial charge in [-0.3, -0.25) is 4.98 Å². The molecule has 0 aliphatic heterocycles. The minimum Gasteiger partial charge on any atom is -0.466 e. The minimum atomic E-state index is -0.457. The summed E-state index contributed by atoms with van der Waals surface area (Å²) in [6.07, 6.45) is 5.64. The van der Waals surface area contributed by atoms with Crippen molar-refractivity contribution in [2.24, 2.45) is 0 Å². The van der Waals surface area contributed by atoms with E-state index >= 15 is 0 Å². The molecule has 0 unspecified atom stereocenters. The van der Waals surface area contributed by atoms with E-state index in [1.165, 1.54) is 31.7 Å². The van der Waals surface area contributed by atoms with E-state index in [2.05, 4.69) is 14.7 Å². The van der Waals surface area contributed by atoms with Crippen LogP contribution in [0.15, 0.2) is 18.5 Å². The first-order valence-corrected chi connectivity index (χ1v) is 3.84. The number of aromatic nitrogens is 2. The lowest BCUT2D eigenvalue weighted by molar-refractivity contribution is -0.134. The number of esters is 1. The summed E-state index contributed by atoms with van der Waals surface area (Å²) < 4.78 is 4.39. The maximum Gasteiger partial charge on any atom is 0.330 e. The molecule has 0 spiro atoms. The van der Waals surface area contributed by atoms with Crippen molar-refractivity contribution in [3.05, 3.63) is 29.3 Å². The summed E-state index contributed by atoms with van der Waals surface area (Å²) in [5.74, 6) is -0.457. The average Bonchev–Trinajstić information content (AvgIpc) is 2.16. The molecule has 5 heteroatoms. The molecule has 1 aromatic rings. The van der Waals surface area contributed by atoms with E-state index in [9.17, 15) is 4.79 Å². The molecule has 4 nitrogen and oxygen atoms in total. The number of carbonyl (C=O) groups is 1. The second kappa shape index (κ2) is 4.57. The second-order valence-electron chi connectivity index (χ2n) is 2.09. The van der Waals surface area contributed by atoms with Crippen LogP contribution in [0.3, 0.4) is 0 Å². The van der Waals surface area contributed by atoms with Crippen molar-refractivity contribution in [1.82, 2.24) is 9.97 Å². The van der Waals surface area contributed by atoms with Gasteiger partial charge in [0.2, 0.25) is 0 Å². The highest BCUT2D eigenvalue weighted by molar-refractivity contribution is 6.30. The Kier molecular flexibility index (Phi) is 3.40. The van der Waals surface area contributed by atoms with E-state index in [-0.39, 0.29) is 5.15 Å². The van der Waals surface area contributed by atoms with Crippen LogP contribution in [0.4, 0.5) is 0 Å². The SMILES string of the molecule is COC(=O)/C=C\c1nccnc1Cl. The standard InChI is InChI=1S/C8H7ClN2O2/c1-13-7(12)3-2-6-8(9)11-5-4-10-6/h2-5H,1H3/b3-2-. The van der Waals surface area contributed by atoms with Crippen molar-refractivity contribution in [3.8, 4) is 0 Å². The van der Waals surface area contributed by atoms with Crippen LogP contribution in [0, 0.1) is 0 Å². The Bertz CT molecular complexity index is 339. The molecule has 0 aromatic carbocycles. The highest BCUT2D eigenvalue weighted by Gasteiger charge is 1.98. The number of hydrogen-bond donors (Lipinski definition) is 0. The number of hydrogen-bond acceptors (Lipinski definition) is 4. The number of nitrogens with zero attached hydrogens (tertiary/aromatic N) is 2. The molecule has 0 fully saturated rings. The highest BCUT2D eigenvalue weighted by atomic mass is 35.5. The monoisotopic (exact) mass is 198 g/mol. The summed E-state index contributed by atoms with van der Waals surface area (Å²) in [5.41, 5.74) is 0.439. The van der Waals surface area contributed by atoms with Gasteiger partial charge in [0, 0.05) is 18.5 Å². The topological polar surface area (TPSA) is 52.1 Å². The Balaban J connectivity index is 2.80. The van der Waals surface area contributed by atoms with Crippen molar-refractivity contribution in [2.75, 3.05) is 7.11 Å². The molecule has 0 saturated heterocycles. The lowest BCUT2D eigenvalue weighted by Crippen LogP contribution is -1.94. The fourth-order valence-electron chi connectivity index (χ4n) is 0.659. The molecule has 0 atom stereocenters. The van der Waals surface area contributed by atoms with Crippen LogP contribution in [0.2, 0.25) is 5.15 Å². The summed E-state index contributed by atoms with van der Waals surface area (Å²) >= 11 is 5.67. The van der Waals surface area contributed by atoms with Crippen LogP contribution >= 0.6 is 11.6 Å². The first-order valence-electron chi connectivity index (χ1n) is 3.46. The van der Waals surface area contributed by atoms with Crippen LogP contribution in [0.5, 0.6) is 0 Å². The predicted molar refractivity (Wildman–Crippen MR) is 48.1 cm³/mol. The van der Waals surface area contributed by atoms with Crippen LogP contribution in [-0.2, 0) is 9.53 Å². The summed E-state index contributed by atoms with van der Waals surface area (Å²) in [6.45, 7) is 0. The first-order chi connectivity index (χ1) is 6.24. The Morgan fingerprint density at radius 1 is 1.54 bits per heavy atom. The van der Waals surface area contributed by atoms with Crippen LogP contribution in [-0.4, -0.2) is 23.0 Å². The molecule has 13 heavy (non-hydrogen) atoms. The molecule has 0 bridgehead atoms. The molecular weight excluding hydrogens is 192 g/mol. The quantitative estimate of drug-likeness (QED) is 0.531. The molecular formula is C8H7ClN2O2. The van der Waals surface area contributed by atoms with Crippen LogP contribution in [0.1, 0.15) is 5.69 Å². The van der Waals surface area contributed by atoms with Crippen molar-refractivity contribution in [2.45, 2.75) is 0 Å². The van der Waals surface area contributed by atoms with E-state index in [1.807, 2.05) is 0 Å². The van der Waals surface area contributed by atoms with E-state index in [0.29, 0.717) is 5.69 Å². The van der Waals surface area contributed by atoms with Gasteiger partial charge in [-0.05, 0) is 6.08 Å². The van der Waals surface area contributed by atoms with Crippen molar-refractivity contribution < 1.29 is 9.53 Å². The van der Waals surface area contributed by atoms with Crippen molar-refractivity contribution in [1.29, 1.82) is 0 Å². The van der Waals surface area contributed by atoms with Gasteiger partial charge >= 0.3 is 5.97 Å². The third kappa shape index (κ3) is 2.83. The van der Waals surface area contributed by atoms with Gasteiger partial charge < -0.3 is 4.74 Å². The highest BCUT2D eigenvalue weighted by Crippen LogP contribution is 2.09. The number of methoxy groups -OCH3 is 1. The number of ether oxygens (including phenoxy) is 1. The molecule has 0 N–H and O–H groups in total. The third-order valence-corrected chi connectivity index (χ3v) is 1.55. The zero-order chi connectivity index (χ0) is 9.68. The molecule has 68 valence electrons. The maximum atomic E-state index is 10.7. The number of rotatable bonds is 2. The zero-order valence-corrected chi connectivity index (χ0v) is 7.65. The fourth-order valence-corrected chi connectivity index (χ4v) is 0.827. The predicted octanol–water partition coefficient (Wildman–Crippen LogP) is 1.32. The van der Waals surface area contributed by atoms with Gasteiger partial charge in [-0.1, -0.05) is 11.6 Å². The summed E-state index contributed by atoms with van der Waals surface area (Å²) in [7, 11) is 1.30. The van der Waals surface area contributed by atoms with E-state index in [1.54, 1.807) is 0 Å². The summed E-state index contributed by atoms with van der Waals surface area (Å²) in [5, 5.41) is 0.252. The smallest absolute Gasteiger partial charge is 0.330 e. The molecule has 1 aromatic heterocycles. The fraction of sp³-hybridized carbons (Fsp3) is 0.125. The average molecular weight is 199 g/mol. The summed E-state index contributed by atoms with van der Waals surface area (Å²) in [6, 6.07) is 0. The molecule has 0 aliphatic rings. The largest absolute Gasteiger partial charge is 0.466 e. The zero-order valence-electron chi connectivity index (χ0n) is 6.90. The van der Waals surface area contributed by atoms with Gasteiger partial charge in [0.1, 0.15) is 5.69 Å². The Hall–Kier alpha value is -1.42. The van der Waals surface area contributed by atoms with Crippen molar-refractivity contribution >= 4 is 23.6 Å². The molecule has 1 rings (SSSR count). The van der Waals surface area contributed by atoms with E-state index in [4.69, 9.17) is 11.6 Å². The number of halogens is 1. The normalized spacial score (nSPS) is 10.3. The number of carbonyl (C=O) groups excluding carboxylic acids is 1. The molecule has 0 radical (unpaired) electrons. The Morgan fingerprint density at radius 2 is 2.23 bits per heavy atom. The third-order valence-electron chi connectivity index (χ3n) is 1.26. The molecule has 1 heterocycles. The lowest BCUT2D eigenvalue weighted by atomic mass is 10.4.